The Morgan fingerprint density at radius 3 is 2.77 bits per heavy atom. The third-order valence-electron chi connectivity index (χ3n) is 5.02. The smallest absolute Gasteiger partial charge is 0.254 e. The Balaban J connectivity index is 1.71. The number of ether oxygens (including phenoxy) is 1. The molecule has 122 valence electrons. The predicted molar refractivity (Wildman–Crippen MR) is 81.5 cm³/mol. The molecule has 3 rings (SSSR count). The Morgan fingerprint density at radius 2 is 2.14 bits per heavy atom. The Kier molecular flexibility index (Phi) is 4.38. The molecule has 1 aliphatic carbocycles. The van der Waals surface area contributed by atoms with Crippen LogP contribution in [-0.2, 0) is 11.3 Å². The molecule has 2 fully saturated rings. The molecule has 1 aromatic heterocycles. The molecule has 0 atom stereocenters. The molecule has 0 N–H and O–H groups in total. The quantitative estimate of drug-likeness (QED) is 0.855. The van der Waals surface area contributed by atoms with Crippen molar-refractivity contribution in [2.75, 3.05) is 26.7 Å². The van der Waals surface area contributed by atoms with Crippen LogP contribution in [0.4, 0.5) is 0 Å². The van der Waals surface area contributed by atoms with E-state index in [4.69, 9.17) is 9.26 Å². The molecule has 6 nitrogen and oxygen atoms in total. The third kappa shape index (κ3) is 2.97. The van der Waals surface area contributed by atoms with Gasteiger partial charge >= 0.3 is 0 Å². The number of amides is 1. The number of carbonyl (C=O) groups is 1. The summed E-state index contributed by atoms with van der Waals surface area (Å²) in [5.41, 5.74) is 0.0203. The summed E-state index contributed by atoms with van der Waals surface area (Å²) in [6.45, 7) is 5.04. The number of hydrogen-bond donors (Lipinski definition) is 0. The van der Waals surface area contributed by atoms with Gasteiger partial charge in [0.15, 0.2) is 5.76 Å². The van der Waals surface area contributed by atoms with Crippen LogP contribution in [0.15, 0.2) is 10.6 Å². The van der Waals surface area contributed by atoms with Crippen LogP contribution in [0, 0.1) is 0 Å². The Hall–Kier alpha value is -1.56. The van der Waals surface area contributed by atoms with E-state index < -0.39 is 0 Å². The summed E-state index contributed by atoms with van der Waals surface area (Å²) >= 11 is 0. The van der Waals surface area contributed by atoms with Gasteiger partial charge in [0.05, 0.1) is 19.2 Å². The lowest BCUT2D eigenvalue weighted by atomic mass is 9.78. The summed E-state index contributed by atoms with van der Waals surface area (Å²) in [6, 6.07) is 1.84. The highest BCUT2D eigenvalue weighted by Gasteiger charge is 2.43. The Morgan fingerprint density at radius 1 is 1.36 bits per heavy atom. The average Bonchev–Trinajstić information content (AvgIpc) is 2.95. The minimum Gasteiger partial charge on any atom is -0.479 e. The maximum Gasteiger partial charge on any atom is 0.254 e. The molecule has 0 bridgehead atoms. The van der Waals surface area contributed by atoms with Crippen molar-refractivity contribution in [1.82, 2.24) is 15.0 Å². The molecular formula is C16H25N3O3. The van der Waals surface area contributed by atoms with Gasteiger partial charge in [-0.25, -0.2) is 0 Å². The van der Waals surface area contributed by atoms with Crippen LogP contribution in [0.25, 0.3) is 0 Å². The topological polar surface area (TPSA) is 58.8 Å². The molecule has 1 aromatic rings. The van der Waals surface area contributed by atoms with Crippen molar-refractivity contribution in [2.24, 2.45) is 0 Å². The molecule has 1 amide bonds. The average molecular weight is 307 g/mol. The lowest BCUT2D eigenvalue weighted by molar-refractivity contribution is -0.142. The number of piperazine rings is 1. The normalized spacial score (nSPS) is 22.0. The first kappa shape index (κ1) is 15.3. The van der Waals surface area contributed by atoms with Gasteiger partial charge < -0.3 is 14.2 Å². The van der Waals surface area contributed by atoms with Crippen molar-refractivity contribution in [3.05, 3.63) is 11.8 Å². The zero-order chi connectivity index (χ0) is 15.6. The second-order valence-electron chi connectivity index (χ2n) is 6.50. The summed E-state index contributed by atoms with van der Waals surface area (Å²) in [6.07, 6.45) is 5.94. The second kappa shape index (κ2) is 6.28. The zero-order valence-corrected chi connectivity index (χ0v) is 13.5. The van der Waals surface area contributed by atoms with Gasteiger partial charge in [-0.3, -0.25) is 9.69 Å². The van der Waals surface area contributed by atoms with Gasteiger partial charge in [0, 0.05) is 32.6 Å². The largest absolute Gasteiger partial charge is 0.479 e. The van der Waals surface area contributed by atoms with Crippen molar-refractivity contribution < 1.29 is 14.1 Å². The number of methoxy groups -OCH3 is 1. The molecule has 0 unspecified atom stereocenters. The molecule has 2 aliphatic rings. The summed E-state index contributed by atoms with van der Waals surface area (Å²) in [5, 5.41) is 3.86. The third-order valence-corrected chi connectivity index (χ3v) is 5.02. The summed E-state index contributed by atoms with van der Waals surface area (Å²) in [5.74, 6) is 1.55. The second-order valence-corrected chi connectivity index (χ2v) is 6.50. The molecule has 2 heterocycles. The monoisotopic (exact) mass is 307 g/mol. The van der Waals surface area contributed by atoms with E-state index in [0.717, 1.165) is 44.8 Å². The van der Waals surface area contributed by atoms with E-state index in [1.54, 1.807) is 14.0 Å². The van der Waals surface area contributed by atoms with E-state index in [9.17, 15) is 4.79 Å². The van der Waals surface area contributed by atoms with Crippen LogP contribution < -0.4 is 4.74 Å². The molecule has 1 spiro atoms. The summed E-state index contributed by atoms with van der Waals surface area (Å²) in [4.78, 5) is 16.5. The van der Waals surface area contributed by atoms with E-state index in [-0.39, 0.29) is 11.4 Å². The van der Waals surface area contributed by atoms with E-state index in [1.165, 1.54) is 19.3 Å². The fourth-order valence-electron chi connectivity index (χ4n) is 4.01. The first-order chi connectivity index (χ1) is 10.6. The predicted octanol–water partition coefficient (Wildman–Crippen LogP) is 2.05. The van der Waals surface area contributed by atoms with Gasteiger partial charge in [0.25, 0.3) is 5.88 Å². The van der Waals surface area contributed by atoms with Gasteiger partial charge in [-0.1, -0.05) is 19.3 Å². The zero-order valence-electron chi connectivity index (χ0n) is 13.5. The first-order valence-corrected chi connectivity index (χ1v) is 8.13. The molecule has 0 aromatic carbocycles. The van der Waals surface area contributed by atoms with Crippen molar-refractivity contribution >= 4 is 5.91 Å². The summed E-state index contributed by atoms with van der Waals surface area (Å²) < 4.78 is 10.4. The summed E-state index contributed by atoms with van der Waals surface area (Å²) in [7, 11) is 1.59. The van der Waals surface area contributed by atoms with Crippen molar-refractivity contribution in [3.63, 3.8) is 0 Å². The fraction of sp³-hybridized carbons (Fsp3) is 0.750. The SMILES string of the molecule is COc1cc(CN2CCN(C(C)=O)C3(CCCCC3)C2)on1. The number of nitrogens with zero attached hydrogens (tertiary/aromatic N) is 3. The van der Waals surface area contributed by atoms with E-state index in [1.807, 2.05) is 6.07 Å². The maximum absolute atomic E-state index is 12.0. The van der Waals surface area contributed by atoms with E-state index >= 15 is 0 Å². The fourth-order valence-corrected chi connectivity index (χ4v) is 4.01. The van der Waals surface area contributed by atoms with Gasteiger partial charge in [0.1, 0.15) is 0 Å². The van der Waals surface area contributed by atoms with Gasteiger partial charge in [-0.2, -0.15) is 0 Å². The van der Waals surface area contributed by atoms with Gasteiger partial charge in [-0.05, 0) is 18.0 Å². The number of hydrogen-bond acceptors (Lipinski definition) is 5. The van der Waals surface area contributed by atoms with Crippen LogP contribution in [0.2, 0.25) is 0 Å². The van der Waals surface area contributed by atoms with Crippen molar-refractivity contribution in [2.45, 2.75) is 51.1 Å². The molecule has 0 radical (unpaired) electrons. The standard InChI is InChI=1S/C16H25N3O3/c1-13(20)19-9-8-18(11-14-10-15(21-2)17-22-14)12-16(19)6-4-3-5-7-16/h10H,3-9,11-12H2,1-2H3. The van der Waals surface area contributed by atoms with Crippen LogP contribution in [0.5, 0.6) is 5.88 Å². The van der Waals surface area contributed by atoms with Gasteiger partial charge in [0.2, 0.25) is 5.91 Å². The maximum atomic E-state index is 12.0. The molecular weight excluding hydrogens is 282 g/mol. The highest BCUT2D eigenvalue weighted by molar-refractivity contribution is 5.74. The van der Waals surface area contributed by atoms with E-state index in [0.29, 0.717) is 5.88 Å². The van der Waals surface area contributed by atoms with Gasteiger partial charge in [-0.15, -0.1) is 0 Å². The number of rotatable bonds is 3. The first-order valence-electron chi connectivity index (χ1n) is 8.13. The van der Waals surface area contributed by atoms with Crippen molar-refractivity contribution in [3.8, 4) is 5.88 Å². The molecule has 1 saturated carbocycles. The lowest BCUT2D eigenvalue weighted by Crippen LogP contribution is -2.63. The van der Waals surface area contributed by atoms with Crippen LogP contribution in [0.3, 0.4) is 0 Å². The number of aromatic nitrogens is 1. The Labute approximate surface area is 131 Å². The highest BCUT2D eigenvalue weighted by atomic mass is 16.5. The van der Waals surface area contributed by atoms with Crippen LogP contribution in [-0.4, -0.2) is 53.1 Å². The minimum absolute atomic E-state index is 0.0203. The number of carbonyl (C=O) groups excluding carboxylic acids is 1. The lowest BCUT2D eigenvalue weighted by Gasteiger charge is -2.52. The molecule has 1 aliphatic heterocycles. The van der Waals surface area contributed by atoms with Crippen molar-refractivity contribution in [1.29, 1.82) is 0 Å². The molecule has 1 saturated heterocycles. The minimum atomic E-state index is 0.0203. The molecule has 22 heavy (non-hydrogen) atoms. The van der Waals surface area contributed by atoms with E-state index in [2.05, 4.69) is 15.0 Å². The van der Waals surface area contributed by atoms with Crippen LogP contribution in [0.1, 0.15) is 44.8 Å². The van der Waals surface area contributed by atoms with Crippen LogP contribution >= 0.6 is 0 Å². The molecule has 6 heteroatoms. The Bertz CT molecular complexity index is 522. The highest BCUT2D eigenvalue weighted by Crippen LogP contribution is 2.37.